The maximum atomic E-state index is 11.9. The first-order valence-electron chi connectivity index (χ1n) is 5.70. The molecule has 0 bridgehead atoms. The second-order valence-corrected chi connectivity index (χ2v) is 4.22. The molecule has 3 N–H and O–H groups in total. The molecule has 0 aliphatic heterocycles. The fraction of sp³-hybridized carbons (Fsp3) is 0.417. The van der Waals surface area contributed by atoms with Crippen LogP contribution in [0.1, 0.15) is 25.3 Å². The molecule has 2 atom stereocenters. The topological polar surface area (TPSA) is 98.3 Å². The molecular formula is C12H17N3O3. The van der Waals surface area contributed by atoms with Crippen LogP contribution in [0.5, 0.6) is 0 Å². The smallest absolute Gasteiger partial charge is 0.269 e. The average molecular weight is 251 g/mol. The molecule has 0 spiro atoms. The molecule has 0 aromatic heterocycles. The predicted octanol–water partition coefficient (Wildman–Crippen LogP) is 1.16. The van der Waals surface area contributed by atoms with Crippen LogP contribution in [0.3, 0.4) is 0 Å². The van der Waals surface area contributed by atoms with Crippen LogP contribution in [-0.4, -0.2) is 23.4 Å². The number of hydrogen-bond acceptors (Lipinski definition) is 4. The van der Waals surface area contributed by atoms with Gasteiger partial charge in [-0.25, -0.2) is 0 Å². The zero-order valence-electron chi connectivity index (χ0n) is 10.4. The average Bonchev–Trinajstić information content (AvgIpc) is 2.37. The molecule has 1 amide bonds. The van der Waals surface area contributed by atoms with E-state index in [-0.39, 0.29) is 17.6 Å². The van der Waals surface area contributed by atoms with Crippen LogP contribution in [-0.2, 0) is 4.79 Å². The number of amides is 1. The minimum atomic E-state index is -0.476. The van der Waals surface area contributed by atoms with E-state index in [0.717, 1.165) is 0 Å². The van der Waals surface area contributed by atoms with E-state index < -0.39 is 10.8 Å². The zero-order chi connectivity index (χ0) is 13.7. The van der Waals surface area contributed by atoms with Gasteiger partial charge in [0.05, 0.1) is 10.8 Å². The number of rotatable bonds is 5. The summed E-state index contributed by atoms with van der Waals surface area (Å²) >= 11 is 0. The van der Waals surface area contributed by atoms with Crippen LogP contribution in [0.15, 0.2) is 24.3 Å². The molecule has 18 heavy (non-hydrogen) atoms. The van der Waals surface area contributed by atoms with E-state index in [0.29, 0.717) is 12.1 Å². The van der Waals surface area contributed by atoms with Crippen molar-refractivity contribution in [2.45, 2.75) is 25.8 Å². The second-order valence-electron chi connectivity index (χ2n) is 4.22. The van der Waals surface area contributed by atoms with Crippen LogP contribution in [0, 0.1) is 10.1 Å². The molecular weight excluding hydrogens is 234 g/mol. The van der Waals surface area contributed by atoms with Gasteiger partial charge in [-0.1, -0.05) is 12.1 Å². The highest BCUT2D eigenvalue weighted by Crippen LogP contribution is 2.20. The number of carbonyl (C=O) groups is 1. The minimum Gasteiger partial charge on any atom is -0.352 e. The fourth-order valence-corrected chi connectivity index (χ4v) is 1.49. The fourth-order valence-electron chi connectivity index (χ4n) is 1.49. The highest BCUT2D eigenvalue weighted by Gasteiger charge is 2.18. The Labute approximate surface area is 105 Å². The van der Waals surface area contributed by atoms with E-state index in [2.05, 4.69) is 5.32 Å². The van der Waals surface area contributed by atoms with Crippen molar-refractivity contribution in [3.05, 3.63) is 39.9 Å². The molecule has 0 heterocycles. The summed E-state index contributed by atoms with van der Waals surface area (Å²) in [4.78, 5) is 22.0. The van der Waals surface area contributed by atoms with Crippen LogP contribution >= 0.6 is 0 Å². The lowest BCUT2D eigenvalue weighted by atomic mass is 9.99. The molecule has 0 aliphatic rings. The molecule has 6 heteroatoms. The molecule has 0 saturated carbocycles. The van der Waals surface area contributed by atoms with Gasteiger partial charge in [0.15, 0.2) is 0 Å². The molecule has 1 aromatic carbocycles. The normalized spacial score (nSPS) is 13.7. The standard InChI is InChI=1S/C12H17N3O3/c1-8(7-13)14-12(16)9(2)10-4-3-5-11(6-10)15(17)18/h3-6,8-9H,7,13H2,1-2H3,(H,14,16). The Hall–Kier alpha value is -1.95. The Kier molecular flexibility index (Phi) is 4.79. The highest BCUT2D eigenvalue weighted by atomic mass is 16.6. The number of nitro benzene ring substituents is 1. The van der Waals surface area contributed by atoms with Gasteiger partial charge in [0.25, 0.3) is 5.69 Å². The quantitative estimate of drug-likeness (QED) is 0.606. The van der Waals surface area contributed by atoms with Gasteiger partial charge in [0.1, 0.15) is 0 Å². The third-order valence-electron chi connectivity index (χ3n) is 2.72. The molecule has 0 fully saturated rings. The number of non-ortho nitro benzene ring substituents is 1. The second kappa shape index (κ2) is 6.11. The number of nitro groups is 1. The summed E-state index contributed by atoms with van der Waals surface area (Å²) < 4.78 is 0. The highest BCUT2D eigenvalue weighted by molar-refractivity contribution is 5.83. The predicted molar refractivity (Wildman–Crippen MR) is 68.2 cm³/mol. The summed E-state index contributed by atoms with van der Waals surface area (Å²) in [5, 5.41) is 13.4. The molecule has 2 unspecified atom stereocenters. The van der Waals surface area contributed by atoms with Crippen LogP contribution in [0.4, 0.5) is 5.69 Å². The third kappa shape index (κ3) is 3.53. The number of nitrogens with zero attached hydrogens (tertiary/aromatic N) is 1. The third-order valence-corrected chi connectivity index (χ3v) is 2.72. The molecule has 6 nitrogen and oxygen atoms in total. The Bertz CT molecular complexity index is 448. The number of nitrogens with one attached hydrogen (secondary N) is 1. The van der Waals surface area contributed by atoms with Gasteiger partial charge in [-0.05, 0) is 19.4 Å². The Morgan fingerprint density at radius 3 is 2.72 bits per heavy atom. The van der Waals surface area contributed by atoms with Crippen molar-refractivity contribution in [3.63, 3.8) is 0 Å². The lowest BCUT2D eigenvalue weighted by Gasteiger charge is -2.16. The van der Waals surface area contributed by atoms with Crippen LogP contribution in [0.2, 0.25) is 0 Å². The first-order chi connectivity index (χ1) is 8.45. The van der Waals surface area contributed by atoms with E-state index in [9.17, 15) is 14.9 Å². The van der Waals surface area contributed by atoms with Gasteiger partial charge < -0.3 is 11.1 Å². The number of nitrogens with two attached hydrogens (primary N) is 1. The molecule has 0 saturated heterocycles. The van der Waals surface area contributed by atoms with Crippen LogP contribution < -0.4 is 11.1 Å². The Balaban J connectivity index is 2.83. The van der Waals surface area contributed by atoms with Crippen molar-refractivity contribution in [1.82, 2.24) is 5.32 Å². The lowest BCUT2D eigenvalue weighted by molar-refractivity contribution is -0.384. The van der Waals surface area contributed by atoms with Gasteiger partial charge in [-0.2, -0.15) is 0 Å². The maximum absolute atomic E-state index is 11.9. The van der Waals surface area contributed by atoms with Crippen molar-refractivity contribution < 1.29 is 9.72 Å². The SMILES string of the molecule is CC(CN)NC(=O)C(C)c1cccc([N+](=O)[O-])c1. The molecule has 0 aliphatic carbocycles. The monoisotopic (exact) mass is 251 g/mol. The summed E-state index contributed by atoms with van der Waals surface area (Å²) in [7, 11) is 0. The summed E-state index contributed by atoms with van der Waals surface area (Å²) in [6, 6.07) is 5.97. The van der Waals surface area contributed by atoms with E-state index in [1.54, 1.807) is 26.0 Å². The number of benzene rings is 1. The van der Waals surface area contributed by atoms with Gasteiger partial charge in [0.2, 0.25) is 5.91 Å². The summed E-state index contributed by atoms with van der Waals surface area (Å²) in [5.74, 6) is -0.632. The summed E-state index contributed by atoms with van der Waals surface area (Å²) in [5.41, 5.74) is 6.02. The van der Waals surface area contributed by atoms with Gasteiger partial charge >= 0.3 is 0 Å². The van der Waals surface area contributed by atoms with Crippen molar-refractivity contribution in [1.29, 1.82) is 0 Å². The number of carbonyl (C=O) groups excluding carboxylic acids is 1. The maximum Gasteiger partial charge on any atom is 0.269 e. The van der Waals surface area contributed by atoms with E-state index >= 15 is 0 Å². The first-order valence-corrected chi connectivity index (χ1v) is 5.70. The first kappa shape index (κ1) is 14.1. The van der Waals surface area contributed by atoms with Crippen molar-refractivity contribution >= 4 is 11.6 Å². The zero-order valence-corrected chi connectivity index (χ0v) is 10.4. The molecule has 1 aromatic rings. The van der Waals surface area contributed by atoms with Crippen molar-refractivity contribution in [2.24, 2.45) is 5.73 Å². The minimum absolute atomic E-state index is 0.0148. The van der Waals surface area contributed by atoms with E-state index in [4.69, 9.17) is 5.73 Å². The van der Waals surface area contributed by atoms with Gasteiger partial charge in [-0.3, -0.25) is 14.9 Å². The van der Waals surface area contributed by atoms with E-state index in [1.165, 1.54) is 12.1 Å². The van der Waals surface area contributed by atoms with Crippen molar-refractivity contribution in [2.75, 3.05) is 6.54 Å². The Morgan fingerprint density at radius 2 is 2.17 bits per heavy atom. The molecule has 0 radical (unpaired) electrons. The van der Waals surface area contributed by atoms with E-state index in [1.807, 2.05) is 0 Å². The number of hydrogen-bond donors (Lipinski definition) is 2. The summed E-state index contributed by atoms with van der Waals surface area (Å²) in [6.07, 6.45) is 0. The van der Waals surface area contributed by atoms with Gasteiger partial charge in [0, 0.05) is 24.7 Å². The van der Waals surface area contributed by atoms with Crippen LogP contribution in [0.25, 0.3) is 0 Å². The Morgan fingerprint density at radius 1 is 1.50 bits per heavy atom. The van der Waals surface area contributed by atoms with Crippen molar-refractivity contribution in [3.8, 4) is 0 Å². The lowest BCUT2D eigenvalue weighted by Crippen LogP contribution is -2.39. The molecule has 98 valence electrons. The molecule has 1 rings (SSSR count). The summed E-state index contributed by atoms with van der Waals surface area (Å²) in [6.45, 7) is 3.86. The van der Waals surface area contributed by atoms with Gasteiger partial charge in [-0.15, -0.1) is 0 Å². The largest absolute Gasteiger partial charge is 0.352 e.